The standard InChI is InChI=1S/C24H21BrN4O2/c1-16-22(18-8-10-20(25)11-9-18)23(29(2)28-16)27-24(30)19-6-3-7-21(13-19)31-15-17-5-4-12-26-14-17/h3-14H,15H2,1-2H3,(H,27,30). The summed E-state index contributed by atoms with van der Waals surface area (Å²) in [5.41, 5.74) is 4.19. The molecule has 2 aromatic heterocycles. The maximum absolute atomic E-state index is 13.0. The smallest absolute Gasteiger partial charge is 0.256 e. The van der Waals surface area contributed by atoms with Crippen molar-refractivity contribution in [1.82, 2.24) is 14.8 Å². The topological polar surface area (TPSA) is 69.0 Å². The number of pyridine rings is 1. The van der Waals surface area contributed by atoms with E-state index in [1.54, 1.807) is 35.3 Å². The number of aryl methyl sites for hydroxylation is 2. The molecule has 6 nitrogen and oxygen atoms in total. The number of carbonyl (C=O) groups is 1. The van der Waals surface area contributed by atoms with Crippen LogP contribution in [-0.4, -0.2) is 20.7 Å². The third kappa shape index (κ3) is 4.83. The Kier molecular flexibility index (Phi) is 6.13. The minimum absolute atomic E-state index is 0.229. The van der Waals surface area contributed by atoms with Crippen molar-refractivity contribution in [2.45, 2.75) is 13.5 Å². The maximum atomic E-state index is 13.0. The Hall–Kier alpha value is -3.45. The van der Waals surface area contributed by atoms with E-state index in [9.17, 15) is 4.79 Å². The first kappa shape index (κ1) is 20.8. The van der Waals surface area contributed by atoms with E-state index < -0.39 is 0 Å². The minimum atomic E-state index is -0.229. The van der Waals surface area contributed by atoms with E-state index in [1.807, 2.05) is 56.4 Å². The fourth-order valence-corrected chi connectivity index (χ4v) is 3.59. The number of anilines is 1. The van der Waals surface area contributed by atoms with E-state index >= 15 is 0 Å². The molecule has 0 saturated carbocycles. The van der Waals surface area contributed by atoms with Gasteiger partial charge in [0.2, 0.25) is 0 Å². The molecular formula is C24H21BrN4O2. The average molecular weight is 477 g/mol. The van der Waals surface area contributed by atoms with Crippen LogP contribution in [0.1, 0.15) is 21.6 Å². The molecule has 0 spiro atoms. The lowest BCUT2D eigenvalue weighted by atomic mass is 10.1. The molecule has 0 aliphatic rings. The number of carbonyl (C=O) groups excluding carboxylic acids is 1. The number of nitrogens with one attached hydrogen (secondary N) is 1. The van der Waals surface area contributed by atoms with Crippen molar-refractivity contribution in [3.8, 4) is 16.9 Å². The van der Waals surface area contributed by atoms with E-state index in [1.165, 1.54) is 0 Å². The molecule has 1 amide bonds. The Morgan fingerprint density at radius 1 is 1.13 bits per heavy atom. The summed E-state index contributed by atoms with van der Waals surface area (Å²) in [6.45, 7) is 2.31. The minimum Gasteiger partial charge on any atom is -0.489 e. The first-order valence-corrected chi connectivity index (χ1v) is 10.5. The van der Waals surface area contributed by atoms with Crippen molar-refractivity contribution in [3.63, 3.8) is 0 Å². The van der Waals surface area contributed by atoms with Crippen molar-refractivity contribution in [1.29, 1.82) is 0 Å². The molecule has 0 radical (unpaired) electrons. The molecule has 4 rings (SSSR count). The van der Waals surface area contributed by atoms with Crippen LogP contribution < -0.4 is 10.1 Å². The lowest BCUT2D eigenvalue weighted by molar-refractivity contribution is 0.102. The third-order valence-corrected chi connectivity index (χ3v) is 5.34. The summed E-state index contributed by atoms with van der Waals surface area (Å²) in [4.78, 5) is 17.1. The van der Waals surface area contributed by atoms with Crippen LogP contribution in [0.25, 0.3) is 11.1 Å². The molecule has 0 atom stereocenters. The van der Waals surface area contributed by atoms with Crippen molar-refractivity contribution in [2.75, 3.05) is 5.32 Å². The number of hydrogen-bond acceptors (Lipinski definition) is 4. The summed E-state index contributed by atoms with van der Waals surface area (Å²) >= 11 is 3.46. The van der Waals surface area contributed by atoms with Crippen LogP contribution in [0.5, 0.6) is 5.75 Å². The van der Waals surface area contributed by atoms with Gasteiger partial charge in [0.15, 0.2) is 0 Å². The lowest BCUT2D eigenvalue weighted by Gasteiger charge is -2.11. The van der Waals surface area contributed by atoms with Crippen LogP contribution in [0, 0.1) is 6.92 Å². The van der Waals surface area contributed by atoms with Crippen LogP contribution in [0.15, 0.2) is 77.5 Å². The molecule has 0 aliphatic heterocycles. The molecule has 0 fully saturated rings. The summed E-state index contributed by atoms with van der Waals surface area (Å²) in [7, 11) is 1.82. The highest BCUT2D eigenvalue weighted by molar-refractivity contribution is 9.10. The second-order valence-electron chi connectivity index (χ2n) is 7.07. The van der Waals surface area contributed by atoms with E-state index in [2.05, 4.69) is 31.3 Å². The highest BCUT2D eigenvalue weighted by Gasteiger charge is 2.18. The first-order chi connectivity index (χ1) is 15.0. The van der Waals surface area contributed by atoms with E-state index in [-0.39, 0.29) is 5.91 Å². The summed E-state index contributed by atoms with van der Waals surface area (Å²) < 4.78 is 8.50. The molecule has 0 bridgehead atoms. The molecule has 0 saturated heterocycles. The van der Waals surface area contributed by atoms with Gasteiger partial charge in [-0.2, -0.15) is 5.10 Å². The number of hydrogen-bond donors (Lipinski definition) is 1. The van der Waals surface area contributed by atoms with Crippen molar-refractivity contribution in [3.05, 3.63) is 94.4 Å². The van der Waals surface area contributed by atoms with Gasteiger partial charge in [0.25, 0.3) is 5.91 Å². The largest absolute Gasteiger partial charge is 0.489 e. The van der Waals surface area contributed by atoms with Gasteiger partial charge in [0.05, 0.1) is 5.69 Å². The Bertz CT molecular complexity index is 1200. The number of rotatable bonds is 6. The summed E-state index contributed by atoms with van der Waals surface area (Å²) in [6, 6.07) is 18.9. The van der Waals surface area contributed by atoms with Crippen LogP contribution in [0.3, 0.4) is 0 Å². The predicted octanol–water partition coefficient (Wildman–Crippen LogP) is 5.38. The monoisotopic (exact) mass is 476 g/mol. The van der Waals surface area contributed by atoms with Gasteiger partial charge >= 0.3 is 0 Å². The number of aromatic nitrogens is 3. The second kappa shape index (κ2) is 9.14. The SMILES string of the molecule is Cc1nn(C)c(NC(=O)c2cccc(OCc3cccnc3)c2)c1-c1ccc(Br)cc1. The third-order valence-electron chi connectivity index (χ3n) is 4.81. The van der Waals surface area contributed by atoms with Gasteiger partial charge in [-0.15, -0.1) is 0 Å². The number of ether oxygens (including phenoxy) is 1. The number of halogens is 1. The zero-order chi connectivity index (χ0) is 21.8. The lowest BCUT2D eigenvalue weighted by Crippen LogP contribution is -2.15. The molecule has 7 heteroatoms. The molecule has 2 heterocycles. The van der Waals surface area contributed by atoms with Crippen LogP contribution in [0.2, 0.25) is 0 Å². The predicted molar refractivity (Wildman–Crippen MR) is 124 cm³/mol. The average Bonchev–Trinajstić information content (AvgIpc) is 3.06. The highest BCUT2D eigenvalue weighted by atomic mass is 79.9. The van der Waals surface area contributed by atoms with Gasteiger partial charge in [-0.1, -0.05) is 40.2 Å². The number of amides is 1. The quantitative estimate of drug-likeness (QED) is 0.405. The van der Waals surface area contributed by atoms with Crippen molar-refractivity contribution in [2.24, 2.45) is 7.05 Å². The van der Waals surface area contributed by atoms with E-state index in [0.29, 0.717) is 23.7 Å². The maximum Gasteiger partial charge on any atom is 0.256 e. The molecule has 2 aromatic carbocycles. The fourth-order valence-electron chi connectivity index (χ4n) is 3.32. The fraction of sp³-hybridized carbons (Fsp3) is 0.125. The molecule has 156 valence electrons. The normalized spacial score (nSPS) is 10.7. The Labute approximate surface area is 189 Å². The van der Waals surface area contributed by atoms with E-state index in [4.69, 9.17) is 4.74 Å². The van der Waals surface area contributed by atoms with Crippen LogP contribution in [0.4, 0.5) is 5.82 Å². The Balaban J connectivity index is 1.54. The van der Waals surface area contributed by atoms with Gasteiger partial charge in [-0.05, 0) is 48.9 Å². The molecule has 0 unspecified atom stereocenters. The van der Waals surface area contributed by atoms with Gasteiger partial charge in [-0.25, -0.2) is 0 Å². The Morgan fingerprint density at radius 2 is 1.94 bits per heavy atom. The van der Waals surface area contributed by atoms with E-state index in [0.717, 1.165) is 26.9 Å². The van der Waals surface area contributed by atoms with Gasteiger partial charge in [0, 0.05) is 40.6 Å². The number of benzene rings is 2. The van der Waals surface area contributed by atoms with Gasteiger partial charge < -0.3 is 10.1 Å². The van der Waals surface area contributed by atoms with Crippen LogP contribution in [-0.2, 0) is 13.7 Å². The number of nitrogens with zero attached hydrogens (tertiary/aromatic N) is 3. The van der Waals surface area contributed by atoms with Crippen molar-refractivity contribution >= 4 is 27.7 Å². The van der Waals surface area contributed by atoms with Crippen molar-refractivity contribution < 1.29 is 9.53 Å². The van der Waals surface area contributed by atoms with Crippen LogP contribution >= 0.6 is 15.9 Å². The zero-order valence-corrected chi connectivity index (χ0v) is 18.8. The molecule has 1 N–H and O–H groups in total. The summed E-state index contributed by atoms with van der Waals surface area (Å²) in [5, 5.41) is 7.51. The molecule has 0 aliphatic carbocycles. The summed E-state index contributed by atoms with van der Waals surface area (Å²) in [6.07, 6.45) is 3.47. The molecule has 31 heavy (non-hydrogen) atoms. The summed E-state index contributed by atoms with van der Waals surface area (Å²) in [5.74, 6) is 1.03. The van der Waals surface area contributed by atoms with Gasteiger partial charge in [0.1, 0.15) is 18.2 Å². The Morgan fingerprint density at radius 3 is 2.68 bits per heavy atom. The molecule has 4 aromatic rings. The van der Waals surface area contributed by atoms with Gasteiger partial charge in [-0.3, -0.25) is 14.5 Å². The zero-order valence-electron chi connectivity index (χ0n) is 17.2. The highest BCUT2D eigenvalue weighted by Crippen LogP contribution is 2.32. The molecular weight excluding hydrogens is 456 g/mol. The second-order valence-corrected chi connectivity index (χ2v) is 7.99. The first-order valence-electron chi connectivity index (χ1n) is 9.74.